The molecule has 2 aliphatic heterocycles. The minimum atomic E-state index is -1.34. The Hall–Kier alpha value is -1.10. The normalized spacial score (nSPS) is 27.4. The van der Waals surface area contributed by atoms with Gasteiger partial charge in [-0.05, 0) is 19.4 Å². The Morgan fingerprint density at radius 1 is 1.21 bits per heavy atom. The van der Waals surface area contributed by atoms with E-state index in [-0.39, 0.29) is 0 Å². The molecule has 0 aromatic carbocycles. The van der Waals surface area contributed by atoms with Crippen LogP contribution in [0.1, 0.15) is 12.8 Å². The quantitative estimate of drug-likeness (QED) is 0.527. The molecule has 1 amide bonds. The summed E-state index contributed by atoms with van der Waals surface area (Å²) in [7, 11) is 0. The number of hydrogen-bond donors (Lipinski definition) is 1. The Labute approximate surface area is 82.3 Å². The highest BCUT2D eigenvalue weighted by Gasteiger charge is 2.34. The molecule has 2 aliphatic rings. The third-order valence-corrected chi connectivity index (χ3v) is 3.06. The number of carbonyl (C=O) groups excluding carboxylic acids is 1. The number of amides is 1. The molecule has 1 unspecified atom stereocenters. The van der Waals surface area contributed by atoms with E-state index < -0.39 is 11.9 Å². The van der Waals surface area contributed by atoms with Crippen molar-refractivity contribution >= 4 is 11.9 Å². The van der Waals surface area contributed by atoms with E-state index in [1.807, 2.05) is 0 Å². The lowest BCUT2D eigenvalue weighted by atomic mass is 10.1. The van der Waals surface area contributed by atoms with E-state index in [1.165, 1.54) is 11.3 Å². The summed E-state index contributed by atoms with van der Waals surface area (Å²) in [5.41, 5.74) is 0. The van der Waals surface area contributed by atoms with Crippen LogP contribution in [-0.2, 0) is 9.59 Å². The van der Waals surface area contributed by atoms with Gasteiger partial charge in [0.05, 0.1) is 0 Å². The van der Waals surface area contributed by atoms with Gasteiger partial charge in [-0.3, -0.25) is 9.69 Å². The second-order valence-corrected chi connectivity index (χ2v) is 3.89. The van der Waals surface area contributed by atoms with Gasteiger partial charge in [-0.25, -0.2) is 4.79 Å². The molecule has 1 atom stereocenters. The largest absolute Gasteiger partial charge is 0.474 e. The number of rotatable bonds is 0. The molecular formula is C9H14N2O3. The van der Waals surface area contributed by atoms with Crippen LogP contribution in [0.5, 0.6) is 0 Å². The van der Waals surface area contributed by atoms with Crippen LogP contribution in [0, 0.1) is 0 Å². The molecule has 0 bridgehead atoms. The fourth-order valence-corrected chi connectivity index (χ4v) is 2.31. The molecule has 2 fully saturated rings. The molecule has 0 aromatic heterocycles. The monoisotopic (exact) mass is 198 g/mol. The third kappa shape index (κ3) is 1.59. The summed E-state index contributed by atoms with van der Waals surface area (Å²) in [5, 5.41) is 8.57. The lowest BCUT2D eigenvalue weighted by Gasteiger charge is -2.36. The number of nitrogens with zero attached hydrogens (tertiary/aromatic N) is 2. The number of hydrogen-bond acceptors (Lipinski definition) is 3. The SMILES string of the molecule is O=C(O)C(=O)N1CCN2CCCC2C1. The summed E-state index contributed by atoms with van der Waals surface area (Å²) in [4.78, 5) is 25.5. The molecular weight excluding hydrogens is 184 g/mol. The summed E-state index contributed by atoms with van der Waals surface area (Å²) in [6.07, 6.45) is 2.25. The van der Waals surface area contributed by atoms with Gasteiger partial charge in [-0.2, -0.15) is 0 Å². The molecule has 78 valence electrons. The fraction of sp³-hybridized carbons (Fsp3) is 0.778. The molecule has 0 spiro atoms. The van der Waals surface area contributed by atoms with Crippen molar-refractivity contribution in [1.82, 2.24) is 9.80 Å². The van der Waals surface area contributed by atoms with Crippen LogP contribution in [-0.4, -0.2) is 59.0 Å². The molecule has 2 heterocycles. The van der Waals surface area contributed by atoms with E-state index >= 15 is 0 Å². The maximum Gasteiger partial charge on any atom is 0.394 e. The summed E-state index contributed by atoms with van der Waals surface area (Å²) in [6.45, 7) is 3.07. The van der Waals surface area contributed by atoms with Gasteiger partial charge in [0, 0.05) is 25.7 Å². The van der Waals surface area contributed by atoms with Gasteiger partial charge in [-0.15, -0.1) is 0 Å². The molecule has 0 saturated carbocycles. The van der Waals surface area contributed by atoms with E-state index in [0.29, 0.717) is 19.1 Å². The van der Waals surface area contributed by atoms with Crippen molar-refractivity contribution in [2.75, 3.05) is 26.2 Å². The highest BCUT2D eigenvalue weighted by molar-refractivity contribution is 6.31. The van der Waals surface area contributed by atoms with Crippen LogP contribution in [0.3, 0.4) is 0 Å². The van der Waals surface area contributed by atoms with Crippen molar-refractivity contribution in [1.29, 1.82) is 0 Å². The Bertz CT molecular complexity index is 267. The number of aliphatic carboxylic acids is 1. The fourth-order valence-electron chi connectivity index (χ4n) is 2.31. The average molecular weight is 198 g/mol. The molecule has 1 N–H and O–H groups in total. The topological polar surface area (TPSA) is 60.9 Å². The van der Waals surface area contributed by atoms with E-state index in [2.05, 4.69) is 4.90 Å². The predicted octanol–water partition coefficient (Wildman–Crippen LogP) is -0.622. The Balaban J connectivity index is 1.97. The number of carboxylic acids is 1. The summed E-state index contributed by atoms with van der Waals surface area (Å²) < 4.78 is 0. The summed E-state index contributed by atoms with van der Waals surface area (Å²) in [6, 6.07) is 0.395. The second kappa shape index (κ2) is 3.57. The standard InChI is InChI=1S/C9H14N2O3/c12-8(9(13)14)11-5-4-10-3-1-2-7(10)6-11/h7H,1-6H2,(H,13,14). The van der Waals surface area contributed by atoms with Gasteiger partial charge in [0.25, 0.3) is 0 Å². The lowest BCUT2D eigenvalue weighted by Crippen LogP contribution is -2.53. The average Bonchev–Trinajstić information content (AvgIpc) is 2.62. The number of carboxylic acid groups (broad SMARTS) is 1. The zero-order valence-electron chi connectivity index (χ0n) is 7.98. The van der Waals surface area contributed by atoms with Gasteiger partial charge >= 0.3 is 11.9 Å². The molecule has 2 saturated heterocycles. The molecule has 14 heavy (non-hydrogen) atoms. The van der Waals surface area contributed by atoms with Crippen LogP contribution in [0.2, 0.25) is 0 Å². The van der Waals surface area contributed by atoms with Crippen LogP contribution in [0.15, 0.2) is 0 Å². The molecule has 0 radical (unpaired) electrons. The first-order chi connectivity index (χ1) is 6.68. The lowest BCUT2D eigenvalue weighted by molar-refractivity contribution is -0.157. The predicted molar refractivity (Wildman–Crippen MR) is 48.8 cm³/mol. The van der Waals surface area contributed by atoms with Gasteiger partial charge in [0.15, 0.2) is 0 Å². The van der Waals surface area contributed by atoms with Crippen LogP contribution in [0.4, 0.5) is 0 Å². The van der Waals surface area contributed by atoms with E-state index in [1.54, 1.807) is 0 Å². The second-order valence-electron chi connectivity index (χ2n) is 3.89. The number of fused-ring (bicyclic) bond motifs is 1. The van der Waals surface area contributed by atoms with Crippen molar-refractivity contribution in [3.63, 3.8) is 0 Å². The van der Waals surface area contributed by atoms with E-state index in [0.717, 1.165) is 19.5 Å². The Kier molecular flexibility index (Phi) is 2.41. The highest BCUT2D eigenvalue weighted by Crippen LogP contribution is 2.21. The maximum absolute atomic E-state index is 11.2. The highest BCUT2D eigenvalue weighted by atomic mass is 16.4. The van der Waals surface area contributed by atoms with Gasteiger partial charge < -0.3 is 10.0 Å². The number of carbonyl (C=O) groups is 2. The van der Waals surface area contributed by atoms with Crippen molar-refractivity contribution in [3.05, 3.63) is 0 Å². The van der Waals surface area contributed by atoms with E-state index in [9.17, 15) is 9.59 Å². The maximum atomic E-state index is 11.2. The molecule has 5 nitrogen and oxygen atoms in total. The minimum absolute atomic E-state index is 0.395. The Morgan fingerprint density at radius 2 is 2.00 bits per heavy atom. The number of piperazine rings is 1. The van der Waals surface area contributed by atoms with Gasteiger partial charge in [0.2, 0.25) is 0 Å². The molecule has 0 aromatic rings. The first-order valence-electron chi connectivity index (χ1n) is 4.95. The molecule has 5 heteroatoms. The first kappa shape index (κ1) is 9.45. The minimum Gasteiger partial charge on any atom is -0.474 e. The van der Waals surface area contributed by atoms with Crippen molar-refractivity contribution in [3.8, 4) is 0 Å². The van der Waals surface area contributed by atoms with Crippen molar-refractivity contribution < 1.29 is 14.7 Å². The van der Waals surface area contributed by atoms with Gasteiger partial charge in [-0.1, -0.05) is 0 Å². The Morgan fingerprint density at radius 3 is 2.71 bits per heavy atom. The molecule has 0 aliphatic carbocycles. The van der Waals surface area contributed by atoms with Crippen LogP contribution < -0.4 is 0 Å². The zero-order chi connectivity index (χ0) is 10.1. The zero-order valence-corrected chi connectivity index (χ0v) is 7.98. The third-order valence-electron chi connectivity index (χ3n) is 3.06. The van der Waals surface area contributed by atoms with Gasteiger partial charge in [0.1, 0.15) is 0 Å². The van der Waals surface area contributed by atoms with Crippen molar-refractivity contribution in [2.24, 2.45) is 0 Å². The van der Waals surface area contributed by atoms with Crippen molar-refractivity contribution in [2.45, 2.75) is 18.9 Å². The van der Waals surface area contributed by atoms with Crippen LogP contribution >= 0.6 is 0 Å². The smallest absolute Gasteiger partial charge is 0.394 e. The van der Waals surface area contributed by atoms with E-state index in [4.69, 9.17) is 5.11 Å². The summed E-state index contributed by atoms with van der Waals surface area (Å²) >= 11 is 0. The summed E-state index contributed by atoms with van der Waals surface area (Å²) in [5.74, 6) is -2.09. The van der Waals surface area contributed by atoms with Crippen LogP contribution in [0.25, 0.3) is 0 Å². The first-order valence-corrected chi connectivity index (χ1v) is 4.95. The molecule has 2 rings (SSSR count).